The van der Waals surface area contributed by atoms with Crippen LogP contribution in [0.2, 0.25) is 0 Å². The maximum Gasteiger partial charge on any atom is 2.00 e. The summed E-state index contributed by atoms with van der Waals surface area (Å²) < 4.78 is 26.7. The van der Waals surface area contributed by atoms with Crippen molar-refractivity contribution < 1.29 is 38.4 Å². The first-order valence-corrected chi connectivity index (χ1v) is 25.9. The SMILES string of the molecule is CN1CCC(Oc2ccc3c(c2)-c2nc-3nc3[n-]c(nc4nc(nc5[n-]c(n2)c2cc(OC6CCN(C)CC6)ccc52)-c2ccc(OC5CCN(C)CC5)cc2-4)c2cc(OC4CCN(C)CC4)ccc32)CC1.[Zn+2]. The molecule has 17 heteroatoms. The number of likely N-dealkylation sites (tertiary alicyclic amines) is 4. The van der Waals surface area contributed by atoms with E-state index in [1.807, 2.05) is 72.8 Å². The fourth-order valence-electron chi connectivity index (χ4n) is 11.1. The number of rotatable bonds is 8. The molecule has 0 atom stereocenters. The third-order valence-corrected chi connectivity index (χ3v) is 15.5. The first-order valence-electron chi connectivity index (χ1n) is 25.9. The van der Waals surface area contributed by atoms with Crippen LogP contribution in [0.5, 0.6) is 23.0 Å². The second kappa shape index (κ2) is 20.0. The number of hydrogen-bond donors (Lipinski definition) is 0. The van der Waals surface area contributed by atoms with Crippen LogP contribution >= 0.6 is 0 Å². The standard InChI is InChI=1S/C56H60N12O4.Zn/c1-65-21-13-33(14-22-65)69-37-5-9-41-45(29-37)53-59-49(41)57-50-43-11-7-39(71-35-17-25-67(3)26-18-35)31-47(43)55(61-50)64-56-48-32-40(72-36-19-27-68(4)28-20-36)8-12-44(48)52(62-56)58-51-42-10-6-38(30-46(42)54(60-51)63-53)70-34-15-23-66(2)24-16-34;/h5-12,29-36H,13-28H2,1-4H3;/q-2;+2. The van der Waals surface area contributed by atoms with Crippen molar-refractivity contribution in [3.05, 3.63) is 72.8 Å². The van der Waals surface area contributed by atoms with Gasteiger partial charge in [-0.25, -0.2) is 9.97 Å². The molecular weight excluding hydrogens is 970 g/mol. The summed E-state index contributed by atoms with van der Waals surface area (Å²) in [6.07, 6.45) is 8.12. The number of nitrogens with zero attached hydrogens (tertiary/aromatic N) is 12. The zero-order valence-electron chi connectivity index (χ0n) is 42.3. The van der Waals surface area contributed by atoms with E-state index in [0.717, 1.165) is 171 Å². The normalized spacial score (nSPS) is 18.9. The zero-order valence-corrected chi connectivity index (χ0v) is 45.2. The molecule has 4 saturated heterocycles. The van der Waals surface area contributed by atoms with Crippen molar-refractivity contribution in [3.63, 3.8) is 0 Å². The second-order valence-electron chi connectivity index (χ2n) is 20.8. The summed E-state index contributed by atoms with van der Waals surface area (Å²) in [5.74, 6) is 4.99. The molecule has 0 spiro atoms. The summed E-state index contributed by atoms with van der Waals surface area (Å²) in [4.78, 5) is 51.4. The summed E-state index contributed by atoms with van der Waals surface area (Å²) in [7, 11) is 8.64. The number of fused-ring (bicyclic) bond motifs is 20. The number of aromatic nitrogens is 8. The molecule has 13 rings (SSSR count). The molecule has 3 aromatic heterocycles. The molecule has 0 saturated carbocycles. The van der Waals surface area contributed by atoms with Crippen LogP contribution < -0.4 is 28.9 Å². The molecule has 0 N–H and O–H groups in total. The van der Waals surface area contributed by atoms with Gasteiger partial charge in [0, 0.05) is 97.2 Å². The summed E-state index contributed by atoms with van der Waals surface area (Å²) in [5, 5.41) is 3.25. The van der Waals surface area contributed by atoms with Gasteiger partial charge in [-0.2, -0.15) is 0 Å². The molecule has 8 bridgehead atoms. The first-order chi connectivity index (χ1) is 35.2. The maximum absolute atomic E-state index is 6.66. The molecule has 9 heterocycles. The Hall–Kier alpha value is -6.10. The van der Waals surface area contributed by atoms with Gasteiger partial charge in [0.15, 0.2) is 0 Å². The molecule has 0 radical (unpaired) electrons. The number of benzene rings is 4. The van der Waals surface area contributed by atoms with Crippen molar-refractivity contribution in [2.24, 2.45) is 0 Å². The fourth-order valence-corrected chi connectivity index (χ4v) is 11.1. The molecule has 6 aliphatic rings. The summed E-state index contributed by atoms with van der Waals surface area (Å²) in [6, 6.07) is 24.4. The van der Waals surface area contributed by atoms with Crippen LogP contribution in [0.25, 0.3) is 89.7 Å². The molecule has 16 nitrogen and oxygen atoms in total. The smallest absolute Gasteiger partial charge is 0.490 e. The summed E-state index contributed by atoms with van der Waals surface area (Å²) >= 11 is 0. The average Bonchev–Trinajstić information content (AvgIpc) is 4.12. The van der Waals surface area contributed by atoms with Gasteiger partial charge in [0.05, 0.1) is 23.3 Å². The Morgan fingerprint density at radius 3 is 0.945 bits per heavy atom. The van der Waals surface area contributed by atoms with Gasteiger partial charge < -0.3 is 68.5 Å². The van der Waals surface area contributed by atoms with E-state index in [0.29, 0.717) is 45.9 Å². The monoisotopic (exact) mass is 1030 g/mol. The summed E-state index contributed by atoms with van der Waals surface area (Å²) in [5.41, 5.74) is 5.18. The van der Waals surface area contributed by atoms with Gasteiger partial charge in [-0.05, 0) is 174 Å². The molecule has 370 valence electrons. The van der Waals surface area contributed by atoms with Crippen LogP contribution in [0.4, 0.5) is 0 Å². The Balaban J connectivity index is 0.00000543. The van der Waals surface area contributed by atoms with Gasteiger partial charge in [0.1, 0.15) is 47.4 Å². The van der Waals surface area contributed by atoms with Crippen molar-refractivity contribution in [1.82, 2.24) is 59.5 Å². The van der Waals surface area contributed by atoms with Gasteiger partial charge >= 0.3 is 19.5 Å². The van der Waals surface area contributed by atoms with Gasteiger partial charge in [-0.1, -0.05) is 0 Å². The fraction of sp³-hybridized carbons (Fsp3) is 0.429. The van der Waals surface area contributed by atoms with E-state index in [2.05, 4.69) is 47.8 Å². The number of ether oxygens (including phenoxy) is 4. The third kappa shape index (κ3) is 9.78. The second-order valence-corrected chi connectivity index (χ2v) is 20.8. The average molecular weight is 1030 g/mol. The van der Waals surface area contributed by atoms with Crippen LogP contribution in [0.3, 0.4) is 0 Å². The predicted octanol–water partition coefficient (Wildman–Crippen LogP) is 8.02. The predicted molar refractivity (Wildman–Crippen MR) is 279 cm³/mol. The van der Waals surface area contributed by atoms with Crippen molar-refractivity contribution in [3.8, 4) is 68.5 Å². The molecule has 0 unspecified atom stereocenters. The van der Waals surface area contributed by atoms with Crippen LogP contribution in [-0.2, 0) is 19.5 Å². The van der Waals surface area contributed by atoms with Crippen LogP contribution in [0, 0.1) is 0 Å². The Morgan fingerprint density at radius 2 is 0.616 bits per heavy atom. The van der Waals surface area contributed by atoms with E-state index in [-0.39, 0.29) is 43.9 Å². The summed E-state index contributed by atoms with van der Waals surface area (Å²) in [6.45, 7) is 7.94. The zero-order chi connectivity index (χ0) is 48.5. The Labute approximate surface area is 437 Å². The van der Waals surface area contributed by atoms with E-state index in [1.54, 1.807) is 0 Å². The molecule has 0 aliphatic carbocycles. The molecule has 4 fully saturated rings. The minimum Gasteiger partial charge on any atom is -0.490 e. The van der Waals surface area contributed by atoms with E-state index >= 15 is 0 Å². The van der Waals surface area contributed by atoms with Crippen LogP contribution in [0.15, 0.2) is 72.8 Å². The van der Waals surface area contributed by atoms with Gasteiger partial charge in [0.25, 0.3) is 0 Å². The Kier molecular flexibility index (Phi) is 13.1. The third-order valence-electron chi connectivity index (χ3n) is 15.5. The largest absolute Gasteiger partial charge is 2.00 e. The van der Waals surface area contributed by atoms with Gasteiger partial charge in [-0.3, -0.25) is 0 Å². The van der Waals surface area contributed by atoms with Crippen molar-refractivity contribution >= 4 is 44.1 Å². The maximum atomic E-state index is 6.66. The molecule has 73 heavy (non-hydrogen) atoms. The van der Waals surface area contributed by atoms with Crippen LogP contribution in [0.1, 0.15) is 51.4 Å². The van der Waals surface area contributed by atoms with E-state index in [9.17, 15) is 0 Å². The Morgan fingerprint density at radius 1 is 0.342 bits per heavy atom. The minimum absolute atomic E-state index is 0. The quantitative estimate of drug-likeness (QED) is 0.135. The van der Waals surface area contributed by atoms with Crippen LogP contribution in [-0.4, -0.2) is 154 Å². The molecule has 0 amide bonds. The molecule has 7 aromatic rings. The van der Waals surface area contributed by atoms with E-state index < -0.39 is 0 Å². The topological polar surface area (TPSA) is 155 Å². The van der Waals surface area contributed by atoms with Gasteiger partial charge in [-0.15, -0.1) is 0 Å². The first kappa shape index (κ1) is 47.9. The number of hydrogen-bond acceptors (Lipinski definition) is 14. The molecule has 4 aromatic carbocycles. The van der Waals surface area contributed by atoms with Crippen molar-refractivity contribution in [2.75, 3.05) is 80.5 Å². The van der Waals surface area contributed by atoms with Crippen molar-refractivity contribution in [2.45, 2.75) is 75.8 Å². The molecule has 6 aliphatic heterocycles. The van der Waals surface area contributed by atoms with E-state index in [4.69, 9.17) is 58.8 Å². The minimum atomic E-state index is 0. The van der Waals surface area contributed by atoms with Crippen molar-refractivity contribution in [1.29, 1.82) is 0 Å². The Bertz CT molecular complexity index is 3150. The van der Waals surface area contributed by atoms with E-state index in [1.165, 1.54) is 0 Å². The number of piperidine rings is 4. The van der Waals surface area contributed by atoms with Gasteiger partial charge in [0.2, 0.25) is 0 Å². The molecular formula is C56H60N12O4Zn.